The number of nitriles is 1. The summed E-state index contributed by atoms with van der Waals surface area (Å²) in [6.45, 7) is 4.63. The smallest absolute Gasteiger partial charge is 0.163 e. The Balaban J connectivity index is 2.25. The average molecular weight is 383 g/mol. The van der Waals surface area contributed by atoms with E-state index < -0.39 is 11.6 Å². The molecule has 0 amide bonds. The van der Waals surface area contributed by atoms with E-state index in [0.717, 1.165) is 12.1 Å². The highest BCUT2D eigenvalue weighted by Gasteiger charge is 2.19. The molecule has 0 aliphatic heterocycles. The minimum Gasteiger partial charge on any atom is -0.490 e. The van der Waals surface area contributed by atoms with E-state index in [-0.39, 0.29) is 0 Å². The van der Waals surface area contributed by atoms with E-state index in [1.54, 1.807) is 24.1 Å². The number of fused-ring (bicyclic) bond motifs is 1. The topological polar surface area (TPSA) is 58.4 Å². The first-order chi connectivity index (χ1) is 13.5. The van der Waals surface area contributed by atoms with Crippen LogP contribution in [0.5, 0.6) is 11.5 Å². The fourth-order valence-electron chi connectivity index (χ4n) is 2.99. The van der Waals surface area contributed by atoms with Crippen LogP contribution in [0.15, 0.2) is 36.5 Å². The van der Waals surface area contributed by atoms with Gasteiger partial charge in [-0.25, -0.2) is 8.78 Å². The Labute approximate surface area is 161 Å². The van der Waals surface area contributed by atoms with Gasteiger partial charge in [-0.15, -0.1) is 0 Å². The van der Waals surface area contributed by atoms with Crippen LogP contribution < -0.4 is 14.4 Å². The zero-order valence-corrected chi connectivity index (χ0v) is 15.8. The van der Waals surface area contributed by atoms with E-state index in [1.807, 2.05) is 13.8 Å². The Morgan fingerprint density at radius 1 is 1.04 bits per heavy atom. The number of anilines is 2. The highest BCUT2D eigenvalue weighted by Crippen LogP contribution is 2.39. The fraction of sp³-hybridized carbons (Fsp3) is 0.238. The normalized spacial score (nSPS) is 10.6. The van der Waals surface area contributed by atoms with Crippen LogP contribution in [-0.4, -0.2) is 25.2 Å². The number of aromatic nitrogens is 1. The lowest BCUT2D eigenvalue weighted by Crippen LogP contribution is -2.13. The zero-order valence-electron chi connectivity index (χ0n) is 15.8. The Morgan fingerprint density at radius 3 is 2.32 bits per heavy atom. The Hall–Kier alpha value is -3.40. The summed E-state index contributed by atoms with van der Waals surface area (Å²) < 4.78 is 38.4. The summed E-state index contributed by atoms with van der Waals surface area (Å²) in [7, 11) is 1.68. The summed E-state index contributed by atoms with van der Waals surface area (Å²) in [6, 6.07) is 9.19. The van der Waals surface area contributed by atoms with Gasteiger partial charge in [0.05, 0.1) is 30.0 Å². The first-order valence-corrected chi connectivity index (χ1v) is 8.81. The summed E-state index contributed by atoms with van der Waals surface area (Å²) in [5.41, 5.74) is 1.80. The van der Waals surface area contributed by atoms with Crippen LogP contribution in [0.2, 0.25) is 0 Å². The van der Waals surface area contributed by atoms with Crippen molar-refractivity contribution in [2.45, 2.75) is 13.8 Å². The molecule has 0 aliphatic carbocycles. The first kappa shape index (κ1) is 19.4. The largest absolute Gasteiger partial charge is 0.490 e. The van der Waals surface area contributed by atoms with Crippen molar-refractivity contribution >= 4 is 22.3 Å². The van der Waals surface area contributed by atoms with Crippen molar-refractivity contribution < 1.29 is 18.3 Å². The van der Waals surface area contributed by atoms with Gasteiger partial charge >= 0.3 is 0 Å². The van der Waals surface area contributed by atoms with Crippen molar-refractivity contribution in [2.75, 3.05) is 25.2 Å². The molecule has 0 radical (unpaired) electrons. The number of hydrogen-bond donors (Lipinski definition) is 0. The molecule has 0 aliphatic rings. The molecule has 0 saturated heterocycles. The standard InChI is InChI=1S/C21H19F2N3O2/c1-4-27-19-9-15-18(10-20(19)28-5-2)25-12-13(11-24)21(15)26(3)14-6-7-16(22)17(23)8-14/h6-10,12H,4-5H2,1-3H3. The molecule has 3 aromatic rings. The summed E-state index contributed by atoms with van der Waals surface area (Å²) >= 11 is 0. The summed E-state index contributed by atoms with van der Waals surface area (Å²) in [5.74, 6) is -0.823. The van der Waals surface area contributed by atoms with Gasteiger partial charge in [-0.3, -0.25) is 4.98 Å². The van der Waals surface area contributed by atoms with E-state index in [4.69, 9.17) is 9.47 Å². The van der Waals surface area contributed by atoms with Gasteiger partial charge in [0, 0.05) is 36.5 Å². The number of benzene rings is 2. The van der Waals surface area contributed by atoms with Crippen molar-refractivity contribution in [1.82, 2.24) is 4.98 Å². The van der Waals surface area contributed by atoms with Gasteiger partial charge in [0.15, 0.2) is 23.1 Å². The maximum atomic E-state index is 13.7. The molecule has 0 N–H and O–H groups in total. The lowest BCUT2D eigenvalue weighted by molar-refractivity contribution is 0.288. The Bertz CT molecular complexity index is 1060. The number of pyridine rings is 1. The SMILES string of the molecule is CCOc1cc2ncc(C#N)c(N(C)c3ccc(F)c(F)c3)c2cc1OCC. The van der Waals surface area contributed by atoms with E-state index in [1.165, 1.54) is 12.3 Å². The fourth-order valence-corrected chi connectivity index (χ4v) is 2.99. The van der Waals surface area contributed by atoms with Gasteiger partial charge in [-0.2, -0.15) is 5.26 Å². The lowest BCUT2D eigenvalue weighted by Gasteiger charge is -2.23. The minimum absolute atomic E-state index is 0.298. The third-order valence-electron chi connectivity index (χ3n) is 4.25. The monoisotopic (exact) mass is 383 g/mol. The molecule has 1 aromatic heterocycles. The minimum atomic E-state index is -0.963. The van der Waals surface area contributed by atoms with Crippen LogP contribution >= 0.6 is 0 Å². The van der Waals surface area contributed by atoms with Gasteiger partial charge < -0.3 is 14.4 Å². The maximum Gasteiger partial charge on any atom is 0.163 e. The van der Waals surface area contributed by atoms with Crippen LogP contribution in [-0.2, 0) is 0 Å². The van der Waals surface area contributed by atoms with Crippen LogP contribution in [0.25, 0.3) is 10.9 Å². The number of hydrogen-bond acceptors (Lipinski definition) is 5. The molecule has 0 atom stereocenters. The molecule has 1 heterocycles. The van der Waals surface area contributed by atoms with Crippen LogP contribution in [0, 0.1) is 23.0 Å². The highest BCUT2D eigenvalue weighted by atomic mass is 19.2. The molecule has 144 valence electrons. The molecule has 7 heteroatoms. The van der Waals surface area contributed by atoms with E-state index in [9.17, 15) is 14.0 Å². The Kier molecular flexibility index (Phi) is 5.59. The summed E-state index contributed by atoms with van der Waals surface area (Å²) in [5, 5.41) is 10.2. The molecule has 5 nitrogen and oxygen atoms in total. The molecule has 0 bridgehead atoms. The van der Waals surface area contributed by atoms with Crippen LogP contribution in [0.1, 0.15) is 19.4 Å². The highest BCUT2D eigenvalue weighted by molar-refractivity contribution is 5.98. The molecule has 28 heavy (non-hydrogen) atoms. The predicted molar refractivity (Wildman–Crippen MR) is 103 cm³/mol. The first-order valence-electron chi connectivity index (χ1n) is 8.81. The second-order valence-electron chi connectivity index (χ2n) is 5.97. The van der Waals surface area contributed by atoms with E-state index in [2.05, 4.69) is 11.1 Å². The Morgan fingerprint density at radius 2 is 1.71 bits per heavy atom. The molecule has 3 rings (SSSR count). The van der Waals surface area contributed by atoms with Gasteiger partial charge in [0.25, 0.3) is 0 Å². The lowest BCUT2D eigenvalue weighted by atomic mass is 10.1. The van der Waals surface area contributed by atoms with E-state index in [0.29, 0.717) is 52.6 Å². The van der Waals surface area contributed by atoms with Gasteiger partial charge in [-0.1, -0.05) is 0 Å². The maximum absolute atomic E-state index is 13.7. The molecule has 0 spiro atoms. The van der Waals surface area contributed by atoms with Crippen molar-refractivity contribution in [3.63, 3.8) is 0 Å². The summed E-state index contributed by atoms with van der Waals surface area (Å²) in [4.78, 5) is 5.97. The molecule has 0 unspecified atom stereocenters. The molecular formula is C21H19F2N3O2. The number of rotatable bonds is 6. The van der Waals surface area contributed by atoms with Crippen molar-refractivity contribution in [2.24, 2.45) is 0 Å². The molecule has 0 saturated carbocycles. The number of halogens is 2. The molecular weight excluding hydrogens is 364 g/mol. The third-order valence-corrected chi connectivity index (χ3v) is 4.25. The second-order valence-corrected chi connectivity index (χ2v) is 5.97. The van der Waals surface area contributed by atoms with Gasteiger partial charge in [0.2, 0.25) is 0 Å². The quantitative estimate of drug-likeness (QED) is 0.603. The third kappa shape index (κ3) is 3.54. The van der Waals surface area contributed by atoms with E-state index >= 15 is 0 Å². The predicted octanol–water partition coefficient (Wildman–Crippen LogP) is 4.95. The number of nitrogens with zero attached hydrogens (tertiary/aromatic N) is 3. The van der Waals surface area contributed by atoms with Gasteiger partial charge in [0.1, 0.15) is 6.07 Å². The van der Waals surface area contributed by atoms with Crippen molar-refractivity contribution in [1.29, 1.82) is 5.26 Å². The number of ether oxygens (including phenoxy) is 2. The van der Waals surface area contributed by atoms with Gasteiger partial charge in [-0.05, 0) is 32.0 Å². The molecule has 0 fully saturated rings. The summed E-state index contributed by atoms with van der Waals surface area (Å²) in [6.07, 6.45) is 1.45. The average Bonchev–Trinajstić information content (AvgIpc) is 2.69. The van der Waals surface area contributed by atoms with Crippen LogP contribution in [0.3, 0.4) is 0 Å². The zero-order chi connectivity index (χ0) is 20.3. The van der Waals surface area contributed by atoms with Crippen LogP contribution in [0.4, 0.5) is 20.2 Å². The van der Waals surface area contributed by atoms with Crippen molar-refractivity contribution in [3.8, 4) is 17.6 Å². The second kappa shape index (κ2) is 8.09. The molecule has 2 aromatic carbocycles. The van der Waals surface area contributed by atoms with Crippen molar-refractivity contribution in [3.05, 3.63) is 53.7 Å².